The maximum absolute atomic E-state index is 12.3. The maximum atomic E-state index is 12.3. The second kappa shape index (κ2) is 6.24. The van der Waals surface area contributed by atoms with Gasteiger partial charge in [0.1, 0.15) is 6.33 Å². The molecule has 0 aliphatic rings. The molecule has 0 unspecified atom stereocenters. The fraction of sp³-hybridized carbons (Fsp3) is 0.105. The number of nitrogens with one attached hydrogen (secondary N) is 1. The van der Waals surface area contributed by atoms with Crippen molar-refractivity contribution in [1.82, 2.24) is 19.1 Å². The molecule has 0 aliphatic carbocycles. The highest BCUT2D eigenvalue weighted by atomic mass is 16.2. The molecular formula is C19H17N5O. The van der Waals surface area contributed by atoms with Gasteiger partial charge in [0.05, 0.1) is 11.0 Å². The lowest BCUT2D eigenvalue weighted by molar-refractivity contribution is 0.101. The Morgan fingerprint density at radius 2 is 1.88 bits per heavy atom. The molecule has 0 aliphatic heterocycles. The van der Waals surface area contributed by atoms with Gasteiger partial charge in [-0.2, -0.15) is 0 Å². The highest BCUT2D eigenvalue weighted by molar-refractivity contribution is 6.01. The first kappa shape index (κ1) is 15.1. The van der Waals surface area contributed by atoms with E-state index in [4.69, 9.17) is 0 Å². The molecule has 0 fully saturated rings. The van der Waals surface area contributed by atoms with Gasteiger partial charge in [0, 0.05) is 30.3 Å². The molecule has 0 spiro atoms. The number of para-hydroxylation sites is 2. The number of carbonyl (C=O) groups is 1. The van der Waals surface area contributed by atoms with Crippen LogP contribution in [0.2, 0.25) is 0 Å². The largest absolute Gasteiger partial charge is 0.327 e. The topological polar surface area (TPSA) is 64.7 Å². The smallest absolute Gasteiger partial charge is 0.291 e. The second-order valence-electron chi connectivity index (χ2n) is 5.64. The van der Waals surface area contributed by atoms with Gasteiger partial charge in [-0.3, -0.25) is 9.36 Å². The molecule has 0 saturated carbocycles. The fourth-order valence-corrected chi connectivity index (χ4v) is 2.83. The van der Waals surface area contributed by atoms with Crippen molar-refractivity contribution in [2.24, 2.45) is 0 Å². The quantitative estimate of drug-likeness (QED) is 0.622. The van der Waals surface area contributed by atoms with Crippen molar-refractivity contribution in [2.45, 2.75) is 13.5 Å². The van der Waals surface area contributed by atoms with Crippen LogP contribution in [-0.4, -0.2) is 25.0 Å². The number of fused-ring (bicyclic) bond motifs is 1. The van der Waals surface area contributed by atoms with E-state index in [1.165, 1.54) is 0 Å². The number of carbonyl (C=O) groups excluding carboxylic acids is 1. The molecule has 6 heteroatoms. The van der Waals surface area contributed by atoms with Crippen LogP contribution in [0.5, 0.6) is 0 Å². The van der Waals surface area contributed by atoms with Gasteiger partial charge in [-0.15, -0.1) is 0 Å². The van der Waals surface area contributed by atoms with Crippen LogP contribution in [-0.2, 0) is 6.54 Å². The SMILES string of the molecule is CCn1ccnc1C(=O)Nc1ccc(-n2cnc3ccccc32)cc1. The van der Waals surface area contributed by atoms with Gasteiger partial charge < -0.3 is 9.88 Å². The van der Waals surface area contributed by atoms with E-state index in [2.05, 4.69) is 15.3 Å². The number of amides is 1. The van der Waals surface area contributed by atoms with E-state index in [9.17, 15) is 4.79 Å². The molecule has 0 atom stereocenters. The molecule has 4 aromatic rings. The van der Waals surface area contributed by atoms with Crippen LogP contribution >= 0.6 is 0 Å². The van der Waals surface area contributed by atoms with Gasteiger partial charge in [-0.1, -0.05) is 12.1 Å². The molecule has 6 nitrogen and oxygen atoms in total. The standard InChI is InChI=1S/C19H17N5O/c1-2-23-12-11-20-18(23)19(25)22-14-7-9-15(10-8-14)24-13-21-16-5-3-4-6-17(16)24/h3-13H,2H2,1H3,(H,22,25). The molecule has 124 valence electrons. The predicted molar refractivity (Wildman–Crippen MR) is 96.9 cm³/mol. The molecule has 25 heavy (non-hydrogen) atoms. The summed E-state index contributed by atoms with van der Waals surface area (Å²) in [7, 11) is 0. The number of imidazole rings is 2. The zero-order valence-corrected chi connectivity index (χ0v) is 13.8. The number of hydrogen-bond acceptors (Lipinski definition) is 3. The number of rotatable bonds is 4. The molecule has 0 bridgehead atoms. The van der Waals surface area contributed by atoms with Crippen LogP contribution in [0.15, 0.2) is 67.3 Å². The van der Waals surface area contributed by atoms with E-state index < -0.39 is 0 Å². The Kier molecular flexibility index (Phi) is 3.78. The van der Waals surface area contributed by atoms with Crippen molar-refractivity contribution >= 4 is 22.6 Å². The third-order valence-electron chi connectivity index (χ3n) is 4.12. The van der Waals surface area contributed by atoms with Gasteiger partial charge in [0.15, 0.2) is 5.82 Å². The van der Waals surface area contributed by atoms with Crippen LogP contribution in [0.3, 0.4) is 0 Å². The summed E-state index contributed by atoms with van der Waals surface area (Å²) >= 11 is 0. The van der Waals surface area contributed by atoms with Crippen LogP contribution in [0, 0.1) is 0 Å². The minimum atomic E-state index is -0.215. The van der Waals surface area contributed by atoms with E-state index in [-0.39, 0.29) is 5.91 Å². The van der Waals surface area contributed by atoms with Crippen LogP contribution in [0.4, 0.5) is 5.69 Å². The first-order chi connectivity index (χ1) is 12.3. The van der Waals surface area contributed by atoms with Crippen molar-refractivity contribution in [3.05, 3.63) is 73.1 Å². The number of aromatic nitrogens is 4. The van der Waals surface area contributed by atoms with Gasteiger partial charge in [-0.25, -0.2) is 9.97 Å². The summed E-state index contributed by atoms with van der Waals surface area (Å²) in [6.07, 6.45) is 5.23. The van der Waals surface area contributed by atoms with Crippen LogP contribution in [0.25, 0.3) is 16.7 Å². The Balaban J connectivity index is 1.57. The predicted octanol–water partition coefficient (Wildman–Crippen LogP) is 3.49. The zero-order chi connectivity index (χ0) is 17.2. The summed E-state index contributed by atoms with van der Waals surface area (Å²) in [5.74, 6) is 0.194. The summed E-state index contributed by atoms with van der Waals surface area (Å²) < 4.78 is 3.83. The van der Waals surface area contributed by atoms with Crippen molar-refractivity contribution in [3.63, 3.8) is 0 Å². The molecule has 2 heterocycles. The lowest BCUT2D eigenvalue weighted by Crippen LogP contribution is -2.17. The molecule has 4 rings (SSSR count). The second-order valence-corrected chi connectivity index (χ2v) is 5.64. The third kappa shape index (κ3) is 2.78. The molecule has 1 amide bonds. The van der Waals surface area contributed by atoms with Gasteiger partial charge >= 0.3 is 0 Å². The molecule has 2 aromatic carbocycles. The Hall–Kier alpha value is -3.41. The van der Waals surface area contributed by atoms with E-state index in [0.29, 0.717) is 12.4 Å². The average molecular weight is 331 g/mol. The molecular weight excluding hydrogens is 314 g/mol. The van der Waals surface area contributed by atoms with Crippen molar-refractivity contribution in [1.29, 1.82) is 0 Å². The molecule has 0 saturated heterocycles. The molecule has 0 radical (unpaired) electrons. The summed E-state index contributed by atoms with van der Waals surface area (Å²) in [5.41, 5.74) is 3.71. The first-order valence-electron chi connectivity index (χ1n) is 8.11. The van der Waals surface area contributed by atoms with Gasteiger partial charge in [-0.05, 0) is 43.3 Å². The first-order valence-corrected chi connectivity index (χ1v) is 8.11. The number of anilines is 1. The van der Waals surface area contributed by atoms with Crippen molar-refractivity contribution in [3.8, 4) is 5.69 Å². The number of hydrogen-bond donors (Lipinski definition) is 1. The van der Waals surface area contributed by atoms with Crippen LogP contribution < -0.4 is 5.32 Å². The lowest BCUT2D eigenvalue weighted by Gasteiger charge is -2.08. The van der Waals surface area contributed by atoms with Gasteiger partial charge in [0.25, 0.3) is 5.91 Å². The zero-order valence-electron chi connectivity index (χ0n) is 13.8. The van der Waals surface area contributed by atoms with E-state index in [1.807, 2.05) is 60.0 Å². The highest BCUT2D eigenvalue weighted by Gasteiger charge is 2.12. The summed E-state index contributed by atoms with van der Waals surface area (Å²) in [4.78, 5) is 20.8. The van der Waals surface area contributed by atoms with Gasteiger partial charge in [0.2, 0.25) is 0 Å². The van der Waals surface area contributed by atoms with E-state index in [1.54, 1.807) is 23.3 Å². The average Bonchev–Trinajstić information content (AvgIpc) is 3.29. The highest BCUT2D eigenvalue weighted by Crippen LogP contribution is 2.19. The Bertz CT molecular complexity index is 1030. The van der Waals surface area contributed by atoms with Crippen molar-refractivity contribution < 1.29 is 4.79 Å². The Morgan fingerprint density at radius 1 is 1.08 bits per heavy atom. The molecule has 1 N–H and O–H groups in total. The number of nitrogens with zero attached hydrogens (tertiary/aromatic N) is 4. The fourth-order valence-electron chi connectivity index (χ4n) is 2.83. The Labute approximate surface area is 144 Å². The minimum Gasteiger partial charge on any atom is -0.327 e. The summed E-state index contributed by atoms with van der Waals surface area (Å²) in [5, 5.41) is 2.88. The minimum absolute atomic E-state index is 0.215. The molecule has 2 aromatic heterocycles. The maximum Gasteiger partial charge on any atom is 0.291 e. The van der Waals surface area contributed by atoms with Crippen LogP contribution in [0.1, 0.15) is 17.5 Å². The number of benzene rings is 2. The monoisotopic (exact) mass is 331 g/mol. The summed E-state index contributed by atoms with van der Waals surface area (Å²) in [6.45, 7) is 2.68. The Morgan fingerprint density at radius 3 is 2.68 bits per heavy atom. The normalized spacial score (nSPS) is 10.9. The third-order valence-corrected chi connectivity index (χ3v) is 4.12. The van der Waals surface area contributed by atoms with Crippen molar-refractivity contribution in [2.75, 3.05) is 5.32 Å². The number of aryl methyl sites for hydroxylation is 1. The van der Waals surface area contributed by atoms with E-state index in [0.717, 1.165) is 22.4 Å². The summed E-state index contributed by atoms with van der Waals surface area (Å²) in [6, 6.07) is 15.6. The lowest BCUT2D eigenvalue weighted by atomic mass is 10.2. The van der Waals surface area contributed by atoms with E-state index >= 15 is 0 Å².